The molecular weight excluding hydrogens is 609 g/mol. The Balaban J connectivity index is 1.29. The van der Waals surface area contributed by atoms with Crippen molar-refractivity contribution in [2.75, 3.05) is 13.1 Å². The molecule has 0 spiro atoms. The number of nitrogens with one attached hydrogen (secondary N) is 1. The highest BCUT2D eigenvalue weighted by Gasteiger charge is 2.40. The molecule has 2 aromatic carbocycles. The van der Waals surface area contributed by atoms with E-state index in [0.717, 1.165) is 22.9 Å². The summed E-state index contributed by atoms with van der Waals surface area (Å²) in [5.41, 5.74) is 3.28. The highest BCUT2D eigenvalue weighted by atomic mass is 19.4. The first kappa shape index (κ1) is 32.0. The van der Waals surface area contributed by atoms with Gasteiger partial charge in [-0.3, -0.25) is 9.98 Å². The van der Waals surface area contributed by atoms with Crippen LogP contribution in [0.4, 0.5) is 18.0 Å². The van der Waals surface area contributed by atoms with Crippen LogP contribution in [0.3, 0.4) is 0 Å². The van der Waals surface area contributed by atoms with Gasteiger partial charge in [0.15, 0.2) is 17.2 Å². The standard InChI is InChI=1S/C34H37F3N8O2/c1-20(2)24-9-7-8-10-25(24)28-39-15-26-30(41-28)45(31(38)42(26)6)16-21-11-13-22(14-12-21)29-40-27(34(35,36)37)19-44(29)23-17-43(18-23)32(46)47-33(3,4)5/h7-15,19-20,23,38H,16-18H2,1-6H3. The number of amides is 1. The van der Waals surface area contributed by atoms with Gasteiger partial charge in [-0.2, -0.15) is 13.2 Å². The minimum absolute atomic E-state index is 0.165. The van der Waals surface area contributed by atoms with Crippen molar-refractivity contribution in [2.45, 2.75) is 64.9 Å². The lowest BCUT2D eigenvalue weighted by atomic mass is 9.97. The quantitative estimate of drug-likeness (QED) is 0.219. The number of hydrogen-bond donors (Lipinski definition) is 1. The van der Waals surface area contributed by atoms with Crippen molar-refractivity contribution in [3.05, 3.63) is 83.4 Å². The van der Waals surface area contributed by atoms with Crippen molar-refractivity contribution in [1.82, 2.24) is 33.6 Å². The molecule has 0 saturated carbocycles. The lowest BCUT2D eigenvalue weighted by molar-refractivity contribution is -0.141. The zero-order chi connectivity index (χ0) is 33.8. The van der Waals surface area contributed by atoms with E-state index in [2.05, 4.69) is 29.9 Å². The van der Waals surface area contributed by atoms with Crippen LogP contribution in [0.15, 0.2) is 60.9 Å². The molecule has 0 aliphatic carbocycles. The number of likely N-dealkylation sites (tertiary alicyclic amines) is 1. The fourth-order valence-electron chi connectivity index (χ4n) is 5.75. The summed E-state index contributed by atoms with van der Waals surface area (Å²) in [6.07, 6.45) is -2.39. The van der Waals surface area contributed by atoms with Gasteiger partial charge in [-0.25, -0.2) is 19.7 Å². The third-order valence-electron chi connectivity index (χ3n) is 8.25. The van der Waals surface area contributed by atoms with E-state index in [1.807, 2.05) is 30.3 Å². The van der Waals surface area contributed by atoms with Crippen LogP contribution in [0.5, 0.6) is 0 Å². The van der Waals surface area contributed by atoms with Gasteiger partial charge in [-0.05, 0) is 37.8 Å². The second kappa shape index (κ2) is 11.7. The number of hydrogen-bond acceptors (Lipinski definition) is 6. The molecule has 47 heavy (non-hydrogen) atoms. The normalized spacial score (nSPS) is 14.2. The summed E-state index contributed by atoms with van der Waals surface area (Å²) in [5, 5.41) is 8.80. The Morgan fingerprint density at radius 3 is 2.36 bits per heavy atom. The van der Waals surface area contributed by atoms with Crippen LogP contribution in [0, 0.1) is 5.41 Å². The Bertz CT molecular complexity index is 2010. The summed E-state index contributed by atoms with van der Waals surface area (Å²) < 4.78 is 51.7. The molecule has 0 unspecified atom stereocenters. The number of alkyl halides is 3. The SMILES string of the molecule is CC(C)c1ccccc1-c1ncc2c(n1)n(Cc1ccc(-c3nc(C(F)(F)F)cn3C3CN(C(=O)OC(C)(C)C)C3)cc1)c(=N)n2C. The van der Waals surface area contributed by atoms with Crippen molar-refractivity contribution in [2.24, 2.45) is 7.05 Å². The minimum atomic E-state index is -4.62. The smallest absolute Gasteiger partial charge is 0.434 e. The van der Waals surface area contributed by atoms with Crippen molar-refractivity contribution < 1.29 is 22.7 Å². The maximum atomic E-state index is 13.8. The van der Waals surface area contributed by atoms with Crippen LogP contribution >= 0.6 is 0 Å². The molecule has 1 fully saturated rings. The number of nitrogens with zero attached hydrogens (tertiary/aromatic N) is 7. The number of aryl methyl sites for hydroxylation is 1. The molecule has 0 bridgehead atoms. The summed E-state index contributed by atoms with van der Waals surface area (Å²) >= 11 is 0. The van der Waals surface area contributed by atoms with E-state index in [1.165, 1.54) is 9.47 Å². The molecule has 246 valence electrons. The van der Waals surface area contributed by atoms with E-state index in [0.29, 0.717) is 29.1 Å². The summed E-state index contributed by atoms with van der Waals surface area (Å²) in [7, 11) is 1.79. The van der Waals surface area contributed by atoms with Gasteiger partial charge in [0, 0.05) is 37.5 Å². The Hall–Kier alpha value is -4.94. The average Bonchev–Trinajstić information content (AvgIpc) is 3.52. The number of ether oxygens (including phenoxy) is 1. The third-order valence-corrected chi connectivity index (χ3v) is 8.25. The predicted octanol–water partition coefficient (Wildman–Crippen LogP) is 6.76. The van der Waals surface area contributed by atoms with E-state index >= 15 is 0 Å². The Morgan fingerprint density at radius 2 is 1.72 bits per heavy atom. The van der Waals surface area contributed by atoms with Gasteiger partial charge in [0.1, 0.15) is 16.9 Å². The van der Waals surface area contributed by atoms with Gasteiger partial charge in [-0.1, -0.05) is 62.4 Å². The third kappa shape index (κ3) is 6.26. The summed E-state index contributed by atoms with van der Waals surface area (Å²) in [5.74, 6) is 1.01. The van der Waals surface area contributed by atoms with Gasteiger partial charge in [0.05, 0.1) is 18.8 Å². The van der Waals surface area contributed by atoms with E-state index in [1.54, 1.807) is 55.3 Å². The molecule has 6 rings (SSSR count). The molecule has 10 nitrogen and oxygen atoms in total. The van der Waals surface area contributed by atoms with Gasteiger partial charge in [0.25, 0.3) is 0 Å². The molecule has 4 heterocycles. The van der Waals surface area contributed by atoms with Gasteiger partial charge >= 0.3 is 12.3 Å². The van der Waals surface area contributed by atoms with Crippen molar-refractivity contribution in [3.63, 3.8) is 0 Å². The van der Waals surface area contributed by atoms with Gasteiger partial charge in [0.2, 0.25) is 5.62 Å². The van der Waals surface area contributed by atoms with Crippen LogP contribution < -0.4 is 5.62 Å². The number of carbonyl (C=O) groups is 1. The van der Waals surface area contributed by atoms with Crippen molar-refractivity contribution >= 4 is 17.3 Å². The number of benzene rings is 2. The zero-order valence-electron chi connectivity index (χ0n) is 27.1. The van der Waals surface area contributed by atoms with Crippen LogP contribution in [-0.2, 0) is 24.5 Å². The summed E-state index contributed by atoms with van der Waals surface area (Å²) in [6, 6.07) is 14.7. The van der Waals surface area contributed by atoms with E-state index < -0.39 is 23.6 Å². The topological polar surface area (TPSA) is 107 Å². The van der Waals surface area contributed by atoms with Gasteiger partial charge in [-0.15, -0.1) is 0 Å². The number of carbonyl (C=O) groups excluding carboxylic acids is 1. The van der Waals surface area contributed by atoms with E-state index in [-0.39, 0.29) is 36.5 Å². The lowest BCUT2D eigenvalue weighted by Crippen LogP contribution is -2.52. The molecule has 0 radical (unpaired) electrons. The first-order chi connectivity index (χ1) is 22.1. The number of rotatable bonds is 6. The zero-order valence-corrected chi connectivity index (χ0v) is 27.1. The molecule has 1 N–H and O–H groups in total. The molecular formula is C34H37F3N8O2. The van der Waals surface area contributed by atoms with Crippen LogP contribution in [0.25, 0.3) is 33.9 Å². The van der Waals surface area contributed by atoms with Crippen LogP contribution in [-0.4, -0.2) is 58.3 Å². The Labute approximate surface area is 270 Å². The van der Waals surface area contributed by atoms with Crippen molar-refractivity contribution in [3.8, 4) is 22.8 Å². The first-order valence-electron chi connectivity index (χ1n) is 15.4. The lowest BCUT2D eigenvalue weighted by Gasteiger charge is -2.40. The molecule has 1 aliphatic heterocycles. The molecule has 1 aliphatic rings. The second-order valence-electron chi connectivity index (χ2n) is 13.2. The molecule has 13 heteroatoms. The van der Waals surface area contributed by atoms with E-state index in [9.17, 15) is 18.0 Å². The van der Waals surface area contributed by atoms with Crippen molar-refractivity contribution in [1.29, 1.82) is 5.41 Å². The highest BCUT2D eigenvalue weighted by Crippen LogP contribution is 2.35. The number of fused-ring (bicyclic) bond motifs is 1. The summed E-state index contributed by atoms with van der Waals surface area (Å²) in [6.45, 7) is 10.3. The molecule has 3 aromatic heterocycles. The number of halogens is 3. The maximum Gasteiger partial charge on any atom is 0.434 e. The molecule has 1 saturated heterocycles. The van der Waals surface area contributed by atoms with Gasteiger partial charge < -0.3 is 18.8 Å². The molecule has 5 aromatic rings. The van der Waals surface area contributed by atoms with Crippen LogP contribution in [0.2, 0.25) is 0 Å². The number of imidazole rings is 2. The fourth-order valence-corrected chi connectivity index (χ4v) is 5.75. The summed E-state index contributed by atoms with van der Waals surface area (Å²) in [4.78, 5) is 27.4. The minimum Gasteiger partial charge on any atom is -0.444 e. The highest BCUT2D eigenvalue weighted by molar-refractivity contribution is 5.74. The monoisotopic (exact) mass is 646 g/mol. The largest absolute Gasteiger partial charge is 0.444 e. The maximum absolute atomic E-state index is 13.8. The number of aromatic nitrogens is 6. The van der Waals surface area contributed by atoms with E-state index in [4.69, 9.17) is 15.1 Å². The average molecular weight is 647 g/mol. The van der Waals surface area contributed by atoms with Crippen LogP contribution in [0.1, 0.15) is 63.4 Å². The Kier molecular flexibility index (Phi) is 7.97. The predicted molar refractivity (Wildman–Crippen MR) is 170 cm³/mol. The molecule has 0 atom stereocenters. The molecule has 1 amide bonds. The fraction of sp³-hybridized carbons (Fsp3) is 0.382. The second-order valence-corrected chi connectivity index (χ2v) is 13.2. The first-order valence-corrected chi connectivity index (χ1v) is 15.4. The Morgan fingerprint density at radius 1 is 1.04 bits per heavy atom.